The third-order valence-electron chi connectivity index (χ3n) is 2.65. The van der Waals surface area contributed by atoms with Gasteiger partial charge in [-0.05, 0) is 14.0 Å². The van der Waals surface area contributed by atoms with Crippen molar-refractivity contribution in [3.05, 3.63) is 0 Å². The Labute approximate surface area is 79.9 Å². The molecule has 0 aliphatic carbocycles. The fourth-order valence-corrected chi connectivity index (χ4v) is 1.49. The van der Waals surface area contributed by atoms with Gasteiger partial charge in [0.05, 0.1) is 0 Å². The molecular formula is C9H19N3O. The first-order valence-corrected chi connectivity index (χ1v) is 4.82. The van der Waals surface area contributed by atoms with E-state index in [2.05, 4.69) is 10.2 Å². The summed E-state index contributed by atoms with van der Waals surface area (Å²) >= 11 is 0. The minimum Gasteiger partial charge on any atom is -0.345 e. The van der Waals surface area contributed by atoms with Crippen molar-refractivity contribution in [3.63, 3.8) is 0 Å². The van der Waals surface area contributed by atoms with Crippen LogP contribution in [-0.4, -0.2) is 62.0 Å². The van der Waals surface area contributed by atoms with Crippen LogP contribution in [0.1, 0.15) is 6.92 Å². The van der Waals surface area contributed by atoms with E-state index in [0.717, 1.165) is 26.2 Å². The predicted octanol–water partition coefficient (Wildman–Crippen LogP) is -0.632. The topological polar surface area (TPSA) is 35.6 Å². The van der Waals surface area contributed by atoms with Crippen LogP contribution in [0.3, 0.4) is 0 Å². The smallest absolute Gasteiger partial charge is 0.240 e. The van der Waals surface area contributed by atoms with E-state index in [1.165, 1.54) is 0 Å². The lowest BCUT2D eigenvalue weighted by atomic mass is 10.2. The molecule has 1 rings (SSSR count). The van der Waals surface area contributed by atoms with Gasteiger partial charge in [-0.15, -0.1) is 0 Å². The molecular weight excluding hydrogens is 166 g/mol. The number of hydrogen-bond acceptors (Lipinski definition) is 3. The molecule has 0 aromatic heterocycles. The van der Waals surface area contributed by atoms with Crippen molar-refractivity contribution in [1.82, 2.24) is 15.1 Å². The highest BCUT2D eigenvalue weighted by molar-refractivity contribution is 5.82. The molecule has 1 fully saturated rings. The van der Waals surface area contributed by atoms with Crippen LogP contribution in [0.25, 0.3) is 0 Å². The lowest BCUT2D eigenvalue weighted by Gasteiger charge is -2.34. The zero-order chi connectivity index (χ0) is 9.84. The number of carbonyl (C=O) groups is 1. The van der Waals surface area contributed by atoms with Gasteiger partial charge in [0.15, 0.2) is 0 Å². The number of carbonyl (C=O) groups excluding carboxylic acids is 1. The molecule has 13 heavy (non-hydrogen) atoms. The monoisotopic (exact) mass is 185 g/mol. The van der Waals surface area contributed by atoms with Gasteiger partial charge in [0.2, 0.25) is 5.91 Å². The van der Waals surface area contributed by atoms with E-state index in [9.17, 15) is 4.79 Å². The zero-order valence-corrected chi connectivity index (χ0v) is 8.71. The molecule has 1 aliphatic rings. The summed E-state index contributed by atoms with van der Waals surface area (Å²) in [5, 5.41) is 3.24. The van der Waals surface area contributed by atoms with E-state index in [1.807, 2.05) is 21.0 Å². The molecule has 1 saturated heterocycles. The summed E-state index contributed by atoms with van der Waals surface area (Å²) in [6, 6.07) is 0.0266. The standard InChI is InChI=1S/C9H19N3O/c1-4-11(2)9(13)8-7-10-5-6-12(8)3/h8,10H,4-7H2,1-3H3. The molecule has 0 radical (unpaired) electrons. The van der Waals surface area contributed by atoms with Gasteiger partial charge < -0.3 is 10.2 Å². The maximum atomic E-state index is 11.8. The Hall–Kier alpha value is -0.610. The van der Waals surface area contributed by atoms with Gasteiger partial charge in [0.1, 0.15) is 6.04 Å². The Morgan fingerprint density at radius 1 is 1.69 bits per heavy atom. The highest BCUT2D eigenvalue weighted by Gasteiger charge is 2.27. The maximum Gasteiger partial charge on any atom is 0.240 e. The zero-order valence-electron chi connectivity index (χ0n) is 8.71. The van der Waals surface area contributed by atoms with Crippen LogP contribution in [0, 0.1) is 0 Å². The second kappa shape index (κ2) is 4.58. The van der Waals surface area contributed by atoms with Gasteiger partial charge in [0.25, 0.3) is 0 Å². The number of piperazine rings is 1. The lowest BCUT2D eigenvalue weighted by molar-refractivity contribution is -0.135. The molecule has 1 heterocycles. The third-order valence-corrected chi connectivity index (χ3v) is 2.65. The molecule has 1 aliphatic heterocycles. The van der Waals surface area contributed by atoms with Gasteiger partial charge in [-0.25, -0.2) is 0 Å². The number of nitrogens with one attached hydrogen (secondary N) is 1. The Morgan fingerprint density at radius 2 is 2.38 bits per heavy atom. The van der Waals surface area contributed by atoms with Crippen molar-refractivity contribution >= 4 is 5.91 Å². The van der Waals surface area contributed by atoms with Crippen LogP contribution in [-0.2, 0) is 4.79 Å². The lowest BCUT2D eigenvalue weighted by Crippen LogP contribution is -2.56. The first-order chi connectivity index (χ1) is 6.16. The molecule has 0 spiro atoms. The van der Waals surface area contributed by atoms with Crippen molar-refractivity contribution in [1.29, 1.82) is 0 Å². The molecule has 4 nitrogen and oxygen atoms in total. The van der Waals surface area contributed by atoms with Crippen molar-refractivity contribution in [2.45, 2.75) is 13.0 Å². The molecule has 0 aromatic rings. The van der Waals surface area contributed by atoms with E-state index in [0.29, 0.717) is 0 Å². The Balaban J connectivity index is 2.53. The first-order valence-electron chi connectivity index (χ1n) is 4.82. The van der Waals surface area contributed by atoms with Crippen LogP contribution in [0.5, 0.6) is 0 Å². The number of nitrogens with zero attached hydrogens (tertiary/aromatic N) is 2. The van der Waals surface area contributed by atoms with Gasteiger partial charge in [-0.2, -0.15) is 0 Å². The van der Waals surface area contributed by atoms with Crippen molar-refractivity contribution < 1.29 is 4.79 Å². The Morgan fingerprint density at radius 3 is 2.92 bits per heavy atom. The number of rotatable bonds is 2. The second-order valence-corrected chi connectivity index (χ2v) is 3.55. The van der Waals surface area contributed by atoms with E-state index < -0.39 is 0 Å². The summed E-state index contributed by atoms with van der Waals surface area (Å²) in [4.78, 5) is 15.7. The van der Waals surface area contributed by atoms with Crippen molar-refractivity contribution in [2.75, 3.05) is 40.3 Å². The number of hydrogen-bond donors (Lipinski definition) is 1. The highest BCUT2D eigenvalue weighted by Crippen LogP contribution is 2.03. The molecule has 76 valence electrons. The Kier molecular flexibility index (Phi) is 3.69. The quantitative estimate of drug-likeness (QED) is 0.622. The highest BCUT2D eigenvalue weighted by atomic mass is 16.2. The average molecular weight is 185 g/mol. The third kappa shape index (κ3) is 2.42. The SMILES string of the molecule is CCN(C)C(=O)C1CNCCN1C. The first kappa shape index (κ1) is 10.5. The minimum atomic E-state index is 0.0266. The van der Waals surface area contributed by atoms with E-state index in [4.69, 9.17) is 0 Å². The molecule has 1 amide bonds. The normalized spacial score (nSPS) is 24.4. The summed E-state index contributed by atoms with van der Waals surface area (Å²) in [5.41, 5.74) is 0. The van der Waals surface area contributed by atoms with Crippen molar-refractivity contribution in [2.24, 2.45) is 0 Å². The molecule has 1 N–H and O–H groups in total. The van der Waals surface area contributed by atoms with Gasteiger partial charge in [0, 0.05) is 33.2 Å². The molecule has 1 atom stereocenters. The van der Waals surface area contributed by atoms with Crippen LogP contribution < -0.4 is 5.32 Å². The fraction of sp³-hybridized carbons (Fsp3) is 0.889. The molecule has 4 heteroatoms. The van der Waals surface area contributed by atoms with E-state index in [-0.39, 0.29) is 11.9 Å². The van der Waals surface area contributed by atoms with Gasteiger partial charge in [-0.1, -0.05) is 0 Å². The summed E-state index contributed by atoms with van der Waals surface area (Å²) in [6.07, 6.45) is 0. The summed E-state index contributed by atoms with van der Waals surface area (Å²) in [5.74, 6) is 0.220. The van der Waals surface area contributed by atoms with Crippen LogP contribution in [0.2, 0.25) is 0 Å². The Bertz CT molecular complexity index is 184. The molecule has 0 saturated carbocycles. The van der Waals surface area contributed by atoms with E-state index in [1.54, 1.807) is 4.90 Å². The van der Waals surface area contributed by atoms with E-state index >= 15 is 0 Å². The summed E-state index contributed by atoms with van der Waals surface area (Å²) in [6.45, 7) is 5.49. The summed E-state index contributed by atoms with van der Waals surface area (Å²) in [7, 11) is 3.86. The molecule has 1 unspecified atom stereocenters. The minimum absolute atomic E-state index is 0.0266. The number of likely N-dealkylation sites (N-methyl/N-ethyl adjacent to an activating group) is 2. The van der Waals surface area contributed by atoms with Gasteiger partial charge in [-0.3, -0.25) is 9.69 Å². The summed E-state index contributed by atoms with van der Waals surface area (Å²) < 4.78 is 0. The second-order valence-electron chi connectivity index (χ2n) is 3.55. The molecule has 0 aromatic carbocycles. The maximum absolute atomic E-state index is 11.8. The predicted molar refractivity (Wildman–Crippen MR) is 52.6 cm³/mol. The van der Waals surface area contributed by atoms with Crippen LogP contribution >= 0.6 is 0 Å². The number of amides is 1. The van der Waals surface area contributed by atoms with Crippen LogP contribution in [0.15, 0.2) is 0 Å². The van der Waals surface area contributed by atoms with Crippen LogP contribution in [0.4, 0.5) is 0 Å². The largest absolute Gasteiger partial charge is 0.345 e. The molecule has 0 bridgehead atoms. The average Bonchev–Trinajstić information content (AvgIpc) is 2.16. The fourth-order valence-electron chi connectivity index (χ4n) is 1.49. The van der Waals surface area contributed by atoms with Crippen molar-refractivity contribution in [3.8, 4) is 0 Å². The van der Waals surface area contributed by atoms with Gasteiger partial charge >= 0.3 is 0 Å².